The molecular formula is C18H19NO4. The van der Waals surface area contributed by atoms with Gasteiger partial charge >= 0.3 is 5.97 Å². The fraction of sp³-hybridized carbons (Fsp3) is 0.222. The van der Waals surface area contributed by atoms with Crippen LogP contribution in [0.4, 0.5) is 0 Å². The molecule has 0 spiro atoms. The van der Waals surface area contributed by atoms with Crippen molar-refractivity contribution in [2.75, 3.05) is 0 Å². The molecule has 0 unspecified atom stereocenters. The number of carboxylic acids is 1. The smallest absolute Gasteiger partial charge is 0.303 e. The highest BCUT2D eigenvalue weighted by molar-refractivity contribution is 5.80. The lowest BCUT2D eigenvalue weighted by Gasteiger charge is -2.09. The van der Waals surface area contributed by atoms with Crippen molar-refractivity contribution < 1.29 is 19.4 Å². The number of carboxylic acid groups (broad SMARTS) is 1. The summed E-state index contributed by atoms with van der Waals surface area (Å²) in [5.74, 6) is 0.285. The van der Waals surface area contributed by atoms with Crippen LogP contribution in [0, 0.1) is 6.92 Å². The van der Waals surface area contributed by atoms with Crippen LogP contribution in [-0.2, 0) is 16.1 Å². The van der Waals surface area contributed by atoms with Gasteiger partial charge in [0.1, 0.15) is 11.5 Å². The van der Waals surface area contributed by atoms with Gasteiger partial charge < -0.3 is 15.2 Å². The van der Waals surface area contributed by atoms with Gasteiger partial charge in [-0.15, -0.1) is 0 Å². The molecule has 23 heavy (non-hydrogen) atoms. The van der Waals surface area contributed by atoms with Crippen LogP contribution in [-0.4, -0.2) is 17.0 Å². The number of benzene rings is 2. The van der Waals surface area contributed by atoms with Gasteiger partial charge in [0.05, 0.1) is 6.42 Å². The van der Waals surface area contributed by atoms with E-state index in [0.29, 0.717) is 6.54 Å². The van der Waals surface area contributed by atoms with Gasteiger partial charge in [0, 0.05) is 13.0 Å². The predicted molar refractivity (Wildman–Crippen MR) is 86.4 cm³/mol. The number of carbonyl (C=O) groups excluding carboxylic acids is 1. The molecule has 2 aromatic rings. The second-order valence-electron chi connectivity index (χ2n) is 5.18. The maximum atomic E-state index is 11.5. The quantitative estimate of drug-likeness (QED) is 0.822. The van der Waals surface area contributed by atoms with E-state index in [1.807, 2.05) is 55.5 Å². The summed E-state index contributed by atoms with van der Waals surface area (Å²) in [7, 11) is 0. The maximum absolute atomic E-state index is 11.5. The topological polar surface area (TPSA) is 75.6 Å². The Hall–Kier alpha value is -2.82. The molecule has 1 amide bonds. The average molecular weight is 313 g/mol. The number of amides is 1. The third kappa shape index (κ3) is 5.47. The standard InChI is InChI=1S/C18H19NO4/c1-13-4-2-3-5-16(13)23-15-8-6-14(7-9-15)12-19-17(20)10-11-18(21)22/h2-9H,10-12H2,1H3,(H,19,20)(H,21,22). The van der Waals surface area contributed by atoms with E-state index in [-0.39, 0.29) is 18.7 Å². The largest absolute Gasteiger partial charge is 0.481 e. The fourth-order valence-corrected chi connectivity index (χ4v) is 1.98. The molecule has 0 bridgehead atoms. The summed E-state index contributed by atoms with van der Waals surface area (Å²) in [5.41, 5.74) is 1.98. The van der Waals surface area contributed by atoms with Crippen molar-refractivity contribution >= 4 is 11.9 Å². The Morgan fingerprint density at radius 2 is 1.74 bits per heavy atom. The molecule has 0 fully saturated rings. The molecule has 2 N–H and O–H groups in total. The highest BCUT2D eigenvalue weighted by Crippen LogP contribution is 2.24. The van der Waals surface area contributed by atoms with Crippen LogP contribution in [0.25, 0.3) is 0 Å². The van der Waals surface area contributed by atoms with Crippen molar-refractivity contribution in [3.63, 3.8) is 0 Å². The van der Waals surface area contributed by atoms with Gasteiger partial charge in [-0.1, -0.05) is 30.3 Å². The Kier molecular flexibility index (Phi) is 5.74. The molecular weight excluding hydrogens is 294 g/mol. The number of rotatable bonds is 7. The van der Waals surface area contributed by atoms with Crippen LogP contribution in [0.1, 0.15) is 24.0 Å². The van der Waals surface area contributed by atoms with Crippen molar-refractivity contribution in [1.29, 1.82) is 0 Å². The lowest BCUT2D eigenvalue weighted by atomic mass is 10.2. The molecule has 5 heteroatoms. The summed E-state index contributed by atoms with van der Waals surface area (Å²) in [4.78, 5) is 21.9. The second-order valence-corrected chi connectivity index (χ2v) is 5.18. The van der Waals surface area contributed by atoms with Crippen LogP contribution in [0.3, 0.4) is 0 Å². The third-order valence-corrected chi connectivity index (χ3v) is 3.30. The minimum atomic E-state index is -0.974. The molecule has 0 aromatic heterocycles. The number of aryl methyl sites for hydroxylation is 1. The zero-order valence-corrected chi connectivity index (χ0v) is 12.9. The highest BCUT2D eigenvalue weighted by Gasteiger charge is 2.05. The van der Waals surface area contributed by atoms with E-state index in [9.17, 15) is 9.59 Å². The first kappa shape index (κ1) is 16.5. The van der Waals surface area contributed by atoms with Gasteiger partial charge in [-0.3, -0.25) is 9.59 Å². The molecule has 0 saturated heterocycles. The number of aliphatic carboxylic acids is 1. The lowest BCUT2D eigenvalue weighted by Crippen LogP contribution is -2.23. The first-order valence-corrected chi connectivity index (χ1v) is 7.35. The zero-order chi connectivity index (χ0) is 16.7. The van der Waals surface area contributed by atoms with Crippen molar-refractivity contribution in [3.05, 3.63) is 59.7 Å². The van der Waals surface area contributed by atoms with Crippen molar-refractivity contribution in [3.8, 4) is 11.5 Å². The summed E-state index contributed by atoms with van der Waals surface area (Å²) in [6, 6.07) is 15.2. The predicted octanol–water partition coefficient (Wildman–Crippen LogP) is 3.27. The van der Waals surface area contributed by atoms with Crippen LogP contribution in [0.2, 0.25) is 0 Å². The van der Waals surface area contributed by atoms with Gasteiger partial charge in [-0.25, -0.2) is 0 Å². The van der Waals surface area contributed by atoms with E-state index in [0.717, 1.165) is 22.6 Å². The Labute approximate surface area is 134 Å². The molecule has 120 valence electrons. The third-order valence-electron chi connectivity index (χ3n) is 3.30. The van der Waals surface area contributed by atoms with Gasteiger partial charge in [-0.05, 0) is 36.2 Å². The summed E-state index contributed by atoms with van der Waals surface area (Å²) < 4.78 is 5.80. The molecule has 0 atom stereocenters. The molecule has 5 nitrogen and oxygen atoms in total. The van der Waals surface area contributed by atoms with E-state index in [1.165, 1.54) is 0 Å². The summed E-state index contributed by atoms with van der Waals surface area (Å²) in [6.07, 6.45) is -0.168. The fourth-order valence-electron chi connectivity index (χ4n) is 1.98. The lowest BCUT2D eigenvalue weighted by molar-refractivity contribution is -0.138. The monoisotopic (exact) mass is 313 g/mol. The molecule has 0 heterocycles. The normalized spacial score (nSPS) is 10.1. The van der Waals surface area contributed by atoms with E-state index < -0.39 is 5.97 Å². The molecule has 2 rings (SSSR count). The molecule has 0 aliphatic rings. The summed E-state index contributed by atoms with van der Waals surface area (Å²) in [6.45, 7) is 2.35. The number of hydrogen-bond acceptors (Lipinski definition) is 3. The zero-order valence-electron chi connectivity index (χ0n) is 12.9. The van der Waals surface area contributed by atoms with Crippen LogP contribution in [0.5, 0.6) is 11.5 Å². The van der Waals surface area contributed by atoms with E-state index in [2.05, 4.69) is 5.32 Å². The number of nitrogens with one attached hydrogen (secondary N) is 1. The Morgan fingerprint density at radius 3 is 2.39 bits per heavy atom. The van der Waals surface area contributed by atoms with E-state index >= 15 is 0 Å². The SMILES string of the molecule is Cc1ccccc1Oc1ccc(CNC(=O)CCC(=O)O)cc1. The van der Waals surface area contributed by atoms with E-state index in [4.69, 9.17) is 9.84 Å². The molecule has 0 aliphatic heterocycles. The Balaban J connectivity index is 1.86. The molecule has 0 saturated carbocycles. The number of hydrogen-bond donors (Lipinski definition) is 2. The van der Waals surface area contributed by atoms with Crippen molar-refractivity contribution in [2.45, 2.75) is 26.3 Å². The second kappa shape index (κ2) is 7.98. The highest BCUT2D eigenvalue weighted by atomic mass is 16.5. The minimum Gasteiger partial charge on any atom is -0.481 e. The first-order chi connectivity index (χ1) is 11.0. The van der Waals surface area contributed by atoms with Crippen molar-refractivity contribution in [2.24, 2.45) is 0 Å². The average Bonchev–Trinajstić information content (AvgIpc) is 2.54. The van der Waals surface area contributed by atoms with Gasteiger partial charge in [0.15, 0.2) is 0 Å². The van der Waals surface area contributed by atoms with Gasteiger partial charge in [0.2, 0.25) is 5.91 Å². The van der Waals surface area contributed by atoms with Crippen molar-refractivity contribution in [1.82, 2.24) is 5.32 Å². The molecule has 0 aliphatic carbocycles. The molecule has 0 radical (unpaired) electrons. The van der Waals surface area contributed by atoms with Gasteiger partial charge in [-0.2, -0.15) is 0 Å². The summed E-state index contributed by atoms with van der Waals surface area (Å²) in [5, 5.41) is 11.2. The first-order valence-electron chi connectivity index (χ1n) is 7.35. The Morgan fingerprint density at radius 1 is 1.04 bits per heavy atom. The molecule has 2 aromatic carbocycles. The van der Waals surface area contributed by atoms with Gasteiger partial charge in [0.25, 0.3) is 0 Å². The number of para-hydroxylation sites is 1. The number of carbonyl (C=O) groups is 2. The van der Waals surface area contributed by atoms with E-state index in [1.54, 1.807) is 0 Å². The van der Waals surface area contributed by atoms with Crippen LogP contribution < -0.4 is 10.1 Å². The van der Waals surface area contributed by atoms with Crippen LogP contribution >= 0.6 is 0 Å². The Bertz CT molecular complexity index is 680. The van der Waals surface area contributed by atoms with Crippen LogP contribution in [0.15, 0.2) is 48.5 Å². The maximum Gasteiger partial charge on any atom is 0.303 e. The summed E-state index contributed by atoms with van der Waals surface area (Å²) >= 11 is 0. The minimum absolute atomic E-state index is 0.0101. The number of ether oxygens (including phenoxy) is 1.